The number of ether oxygens (including phenoxy) is 1. The van der Waals surface area contributed by atoms with Crippen LogP contribution < -0.4 is 5.32 Å². The van der Waals surface area contributed by atoms with E-state index in [4.69, 9.17) is 4.74 Å². The summed E-state index contributed by atoms with van der Waals surface area (Å²) in [5.41, 5.74) is 3.26. The number of carbonyl (C=O) groups excluding carboxylic acids is 2. The molecule has 0 bridgehead atoms. The molecule has 1 heterocycles. The number of hydrogen-bond donors (Lipinski definition) is 1. The fourth-order valence-corrected chi connectivity index (χ4v) is 3.54. The van der Waals surface area contributed by atoms with Crippen LogP contribution in [0.1, 0.15) is 53.8 Å². The Labute approximate surface area is 159 Å². The summed E-state index contributed by atoms with van der Waals surface area (Å²) >= 11 is 0. The maximum atomic E-state index is 12.1. The number of nitrogens with one attached hydrogen (secondary N) is 1. The SMILES string of the molecule is Cc1cc(C)n(-c2ccc(C(=O)OCC(=O)NCC3CCCCC3)cc2)n1. The van der Waals surface area contributed by atoms with Crippen LogP contribution in [0, 0.1) is 19.8 Å². The molecule has 1 amide bonds. The van der Waals surface area contributed by atoms with Crippen LogP contribution in [0.4, 0.5) is 0 Å². The second-order valence-corrected chi connectivity index (χ2v) is 7.27. The smallest absolute Gasteiger partial charge is 0.338 e. The molecule has 3 rings (SSSR count). The van der Waals surface area contributed by atoms with Crippen LogP contribution >= 0.6 is 0 Å². The highest BCUT2D eigenvalue weighted by atomic mass is 16.5. The lowest BCUT2D eigenvalue weighted by Crippen LogP contribution is -2.33. The van der Waals surface area contributed by atoms with Crippen LogP contribution in [0.2, 0.25) is 0 Å². The fourth-order valence-electron chi connectivity index (χ4n) is 3.54. The van der Waals surface area contributed by atoms with Gasteiger partial charge in [-0.1, -0.05) is 19.3 Å². The summed E-state index contributed by atoms with van der Waals surface area (Å²) in [4.78, 5) is 24.0. The van der Waals surface area contributed by atoms with Crippen LogP contribution in [0.3, 0.4) is 0 Å². The first-order valence-corrected chi connectivity index (χ1v) is 9.60. The van der Waals surface area contributed by atoms with E-state index < -0.39 is 5.97 Å². The summed E-state index contributed by atoms with van der Waals surface area (Å²) in [6.45, 7) is 4.35. The summed E-state index contributed by atoms with van der Waals surface area (Å²) in [6, 6.07) is 9.01. The van der Waals surface area contributed by atoms with Gasteiger partial charge in [0.15, 0.2) is 6.61 Å². The lowest BCUT2D eigenvalue weighted by atomic mass is 9.89. The van der Waals surface area contributed by atoms with Gasteiger partial charge in [-0.05, 0) is 62.9 Å². The molecule has 144 valence electrons. The summed E-state index contributed by atoms with van der Waals surface area (Å²) in [5, 5.41) is 7.29. The van der Waals surface area contributed by atoms with Crippen molar-refractivity contribution in [3.63, 3.8) is 0 Å². The molecule has 1 saturated carbocycles. The zero-order valence-corrected chi connectivity index (χ0v) is 16.0. The Hall–Kier alpha value is -2.63. The van der Waals surface area contributed by atoms with E-state index in [9.17, 15) is 9.59 Å². The van der Waals surface area contributed by atoms with Gasteiger partial charge in [0.1, 0.15) is 0 Å². The van der Waals surface area contributed by atoms with Gasteiger partial charge in [0.25, 0.3) is 5.91 Å². The number of benzene rings is 1. The van der Waals surface area contributed by atoms with Crippen molar-refractivity contribution in [2.75, 3.05) is 13.2 Å². The van der Waals surface area contributed by atoms with Crippen molar-refractivity contribution >= 4 is 11.9 Å². The lowest BCUT2D eigenvalue weighted by molar-refractivity contribution is -0.124. The van der Waals surface area contributed by atoms with E-state index in [0.29, 0.717) is 18.0 Å². The molecule has 1 aliphatic carbocycles. The van der Waals surface area contributed by atoms with Gasteiger partial charge in [0, 0.05) is 12.2 Å². The number of esters is 1. The molecular weight excluding hydrogens is 342 g/mol. The Morgan fingerprint density at radius 2 is 1.85 bits per heavy atom. The summed E-state index contributed by atoms with van der Waals surface area (Å²) < 4.78 is 6.95. The second-order valence-electron chi connectivity index (χ2n) is 7.27. The van der Waals surface area contributed by atoms with Gasteiger partial charge < -0.3 is 10.1 Å². The third-order valence-corrected chi connectivity index (χ3v) is 5.00. The molecule has 0 aliphatic heterocycles. The Morgan fingerprint density at radius 1 is 1.15 bits per heavy atom. The summed E-state index contributed by atoms with van der Waals surface area (Å²) in [6.07, 6.45) is 6.11. The van der Waals surface area contributed by atoms with E-state index in [2.05, 4.69) is 10.4 Å². The van der Waals surface area contributed by atoms with Crippen LogP contribution in [0.25, 0.3) is 5.69 Å². The highest BCUT2D eigenvalue weighted by Crippen LogP contribution is 2.22. The van der Waals surface area contributed by atoms with Gasteiger partial charge >= 0.3 is 5.97 Å². The molecule has 2 aromatic rings. The normalized spacial score (nSPS) is 14.7. The molecule has 1 aromatic carbocycles. The topological polar surface area (TPSA) is 73.2 Å². The van der Waals surface area contributed by atoms with Crippen LogP contribution in [0.5, 0.6) is 0 Å². The third kappa shape index (κ3) is 5.18. The molecule has 1 aliphatic rings. The second kappa shape index (κ2) is 8.84. The van der Waals surface area contributed by atoms with E-state index >= 15 is 0 Å². The first-order chi connectivity index (χ1) is 13.0. The Morgan fingerprint density at radius 3 is 2.48 bits per heavy atom. The molecule has 27 heavy (non-hydrogen) atoms. The van der Waals surface area contributed by atoms with E-state index in [1.54, 1.807) is 12.1 Å². The number of aromatic nitrogens is 2. The third-order valence-electron chi connectivity index (χ3n) is 5.00. The maximum absolute atomic E-state index is 12.1. The van der Waals surface area contributed by atoms with Crippen molar-refractivity contribution in [2.45, 2.75) is 46.0 Å². The standard InChI is InChI=1S/C21H27N3O3/c1-15-12-16(2)24(23-15)19-10-8-18(9-11-19)21(26)27-14-20(25)22-13-17-6-4-3-5-7-17/h8-12,17H,3-7,13-14H2,1-2H3,(H,22,25). The molecule has 1 N–H and O–H groups in total. The molecule has 1 aromatic heterocycles. The number of carbonyl (C=O) groups is 2. The Balaban J connectivity index is 1.47. The molecule has 0 radical (unpaired) electrons. The van der Waals surface area contributed by atoms with E-state index in [0.717, 1.165) is 17.1 Å². The average molecular weight is 369 g/mol. The van der Waals surface area contributed by atoms with Gasteiger partial charge in [-0.25, -0.2) is 9.48 Å². The first-order valence-electron chi connectivity index (χ1n) is 9.60. The van der Waals surface area contributed by atoms with Gasteiger partial charge in [-0.3, -0.25) is 4.79 Å². The minimum absolute atomic E-state index is 0.242. The summed E-state index contributed by atoms with van der Waals surface area (Å²) in [7, 11) is 0. The minimum atomic E-state index is -0.497. The van der Waals surface area contributed by atoms with Crippen molar-refractivity contribution in [3.05, 3.63) is 47.3 Å². The number of hydrogen-bond acceptors (Lipinski definition) is 4. The van der Waals surface area contributed by atoms with Crippen LogP contribution in [-0.4, -0.2) is 34.8 Å². The van der Waals surface area contributed by atoms with Gasteiger partial charge in [-0.15, -0.1) is 0 Å². The maximum Gasteiger partial charge on any atom is 0.338 e. The zero-order valence-electron chi connectivity index (χ0n) is 16.0. The number of amides is 1. The van der Waals surface area contributed by atoms with Gasteiger partial charge in [-0.2, -0.15) is 5.10 Å². The highest BCUT2D eigenvalue weighted by molar-refractivity contribution is 5.91. The predicted molar refractivity (Wildman–Crippen MR) is 103 cm³/mol. The van der Waals surface area contributed by atoms with Crippen molar-refractivity contribution in [1.82, 2.24) is 15.1 Å². The molecule has 0 spiro atoms. The molecule has 1 fully saturated rings. The monoisotopic (exact) mass is 369 g/mol. The molecular formula is C21H27N3O3. The molecule has 0 unspecified atom stereocenters. The molecule has 0 atom stereocenters. The summed E-state index contributed by atoms with van der Waals surface area (Å²) in [5.74, 6) is -0.184. The van der Waals surface area contributed by atoms with E-state index in [-0.39, 0.29) is 12.5 Å². The predicted octanol–water partition coefficient (Wildman–Crippen LogP) is 3.34. The van der Waals surface area contributed by atoms with Crippen LogP contribution in [0.15, 0.2) is 30.3 Å². The van der Waals surface area contributed by atoms with Crippen molar-refractivity contribution in [2.24, 2.45) is 5.92 Å². The van der Waals surface area contributed by atoms with Crippen LogP contribution in [-0.2, 0) is 9.53 Å². The van der Waals surface area contributed by atoms with Crippen molar-refractivity contribution in [1.29, 1.82) is 0 Å². The molecule has 6 nitrogen and oxygen atoms in total. The van der Waals surface area contributed by atoms with Crippen molar-refractivity contribution in [3.8, 4) is 5.69 Å². The minimum Gasteiger partial charge on any atom is -0.452 e. The number of aryl methyl sites for hydroxylation is 2. The largest absolute Gasteiger partial charge is 0.452 e. The fraction of sp³-hybridized carbons (Fsp3) is 0.476. The van der Waals surface area contributed by atoms with E-state index in [1.807, 2.05) is 36.7 Å². The highest BCUT2D eigenvalue weighted by Gasteiger charge is 2.15. The average Bonchev–Trinajstić information content (AvgIpc) is 3.03. The van der Waals surface area contributed by atoms with Crippen molar-refractivity contribution < 1.29 is 14.3 Å². The first kappa shape index (κ1) is 19.1. The van der Waals surface area contributed by atoms with Gasteiger partial charge in [0.2, 0.25) is 0 Å². The zero-order chi connectivity index (χ0) is 19.2. The van der Waals surface area contributed by atoms with Gasteiger partial charge in [0.05, 0.1) is 16.9 Å². The quantitative estimate of drug-likeness (QED) is 0.793. The molecule has 0 saturated heterocycles. The molecule has 6 heteroatoms. The Bertz CT molecular complexity index is 790. The lowest BCUT2D eigenvalue weighted by Gasteiger charge is -2.21. The number of nitrogens with zero attached hydrogens (tertiary/aromatic N) is 2. The van der Waals surface area contributed by atoms with E-state index in [1.165, 1.54) is 32.1 Å². The number of rotatable bonds is 6. The Kier molecular flexibility index (Phi) is 6.27.